The lowest BCUT2D eigenvalue weighted by atomic mass is 10.1. The molecule has 7 nitrogen and oxygen atoms in total. The number of anilines is 1. The third kappa shape index (κ3) is 2.84. The fourth-order valence-electron chi connectivity index (χ4n) is 3.12. The van der Waals surface area contributed by atoms with Crippen molar-refractivity contribution >= 4 is 23.3 Å². The van der Waals surface area contributed by atoms with Crippen LogP contribution in [0.4, 0.5) is 5.69 Å². The largest absolute Gasteiger partial charge is 0.482 e. The molecule has 0 saturated heterocycles. The van der Waals surface area contributed by atoms with Crippen LogP contribution in [0, 0.1) is 0 Å². The van der Waals surface area contributed by atoms with E-state index in [9.17, 15) is 9.59 Å². The second kappa shape index (κ2) is 5.99. The van der Waals surface area contributed by atoms with Crippen molar-refractivity contribution in [1.82, 2.24) is 10.6 Å². The van der Waals surface area contributed by atoms with E-state index in [0.717, 1.165) is 30.5 Å². The molecule has 124 valence electrons. The minimum absolute atomic E-state index is 0.0341. The van der Waals surface area contributed by atoms with Gasteiger partial charge in [0.25, 0.3) is 11.8 Å². The van der Waals surface area contributed by atoms with E-state index in [1.165, 1.54) is 5.57 Å². The van der Waals surface area contributed by atoms with Crippen LogP contribution < -0.4 is 20.7 Å². The second-order valence-electron chi connectivity index (χ2n) is 6.08. The Morgan fingerprint density at radius 2 is 2.21 bits per heavy atom. The Morgan fingerprint density at radius 1 is 1.29 bits per heavy atom. The first kappa shape index (κ1) is 14.7. The minimum atomic E-state index is -0.216. The fraction of sp³-hybridized carbons (Fsp3) is 0.353. The number of hydrogen-bond acceptors (Lipinski definition) is 5. The van der Waals surface area contributed by atoms with Gasteiger partial charge in [-0.05, 0) is 42.5 Å². The summed E-state index contributed by atoms with van der Waals surface area (Å²) in [7, 11) is 0. The number of nitrogens with zero attached hydrogens (tertiary/aromatic N) is 1. The molecule has 1 aromatic carbocycles. The van der Waals surface area contributed by atoms with E-state index in [4.69, 9.17) is 4.74 Å². The van der Waals surface area contributed by atoms with E-state index >= 15 is 0 Å². The smallest absolute Gasteiger partial charge is 0.286 e. The van der Waals surface area contributed by atoms with E-state index in [1.807, 2.05) is 6.07 Å². The van der Waals surface area contributed by atoms with E-state index in [0.29, 0.717) is 30.4 Å². The molecule has 3 N–H and O–H groups in total. The molecule has 0 unspecified atom stereocenters. The van der Waals surface area contributed by atoms with Gasteiger partial charge in [-0.25, -0.2) is 0 Å². The lowest BCUT2D eigenvalue weighted by Gasteiger charge is -2.19. The molecule has 2 heterocycles. The van der Waals surface area contributed by atoms with Crippen molar-refractivity contribution in [3.63, 3.8) is 0 Å². The highest BCUT2D eigenvalue weighted by atomic mass is 16.5. The van der Waals surface area contributed by atoms with Gasteiger partial charge in [0.05, 0.1) is 12.2 Å². The van der Waals surface area contributed by atoms with Crippen molar-refractivity contribution in [2.45, 2.75) is 25.8 Å². The maximum Gasteiger partial charge on any atom is 0.286 e. The first-order valence-electron chi connectivity index (χ1n) is 8.05. The monoisotopic (exact) mass is 326 g/mol. The Kier molecular flexibility index (Phi) is 3.68. The van der Waals surface area contributed by atoms with Crippen LogP contribution in [0.2, 0.25) is 0 Å². The third-order valence-electron chi connectivity index (χ3n) is 4.37. The van der Waals surface area contributed by atoms with Gasteiger partial charge in [-0.2, -0.15) is 0 Å². The Balaban J connectivity index is 1.38. The van der Waals surface area contributed by atoms with Crippen LogP contribution in [0.25, 0.3) is 0 Å². The van der Waals surface area contributed by atoms with Crippen molar-refractivity contribution in [3.8, 4) is 5.75 Å². The number of ether oxygens (including phenoxy) is 1. The predicted octanol–water partition coefficient (Wildman–Crippen LogP) is 1.07. The highest BCUT2D eigenvalue weighted by Gasteiger charge is 2.23. The first-order valence-corrected chi connectivity index (χ1v) is 8.05. The first-order chi connectivity index (χ1) is 11.7. The maximum atomic E-state index is 12.3. The highest BCUT2D eigenvalue weighted by Crippen LogP contribution is 2.28. The zero-order chi connectivity index (χ0) is 16.5. The van der Waals surface area contributed by atoms with Gasteiger partial charge in [0.2, 0.25) is 0 Å². The van der Waals surface area contributed by atoms with Gasteiger partial charge in [0, 0.05) is 12.2 Å². The number of carbonyl (C=O) groups excluding carboxylic acids is 2. The van der Waals surface area contributed by atoms with E-state index in [-0.39, 0.29) is 18.4 Å². The van der Waals surface area contributed by atoms with Crippen molar-refractivity contribution < 1.29 is 14.3 Å². The number of rotatable bonds is 3. The molecule has 0 spiro atoms. The summed E-state index contributed by atoms with van der Waals surface area (Å²) in [5.41, 5.74) is 3.98. The van der Waals surface area contributed by atoms with Gasteiger partial charge in [-0.15, -0.1) is 0 Å². The molecule has 4 rings (SSSR count). The summed E-state index contributed by atoms with van der Waals surface area (Å²) in [6, 6.07) is 5.47. The summed E-state index contributed by atoms with van der Waals surface area (Å²) in [6.45, 7) is 1.01. The van der Waals surface area contributed by atoms with Gasteiger partial charge < -0.3 is 20.7 Å². The Hall–Kier alpha value is -2.83. The minimum Gasteiger partial charge on any atom is -0.482 e. The number of nitrogens with one attached hydrogen (secondary N) is 3. The SMILES string of the molecule is O=C1COc2ccc(CNC(=O)C3=NCC4=C(CCC4)N3)cc2N1. The Labute approximate surface area is 139 Å². The van der Waals surface area contributed by atoms with Crippen LogP contribution in [-0.2, 0) is 16.1 Å². The number of amidine groups is 1. The summed E-state index contributed by atoms with van der Waals surface area (Å²) < 4.78 is 5.32. The van der Waals surface area contributed by atoms with Gasteiger partial charge in [-0.1, -0.05) is 6.07 Å². The standard InChI is InChI=1S/C17H18N4O3/c22-15-9-24-14-5-4-10(6-13(14)20-15)7-19-17(23)16-18-8-11-2-1-3-12(11)21-16/h4-6H,1-3,7-9H2,(H,18,21)(H,19,23)(H,20,22). The molecule has 0 saturated carbocycles. The molecule has 24 heavy (non-hydrogen) atoms. The summed E-state index contributed by atoms with van der Waals surface area (Å²) in [5, 5.41) is 8.76. The number of amides is 2. The van der Waals surface area contributed by atoms with Gasteiger partial charge >= 0.3 is 0 Å². The van der Waals surface area contributed by atoms with Crippen LogP contribution in [0.1, 0.15) is 24.8 Å². The Bertz CT molecular complexity index is 782. The molecule has 2 aliphatic heterocycles. The van der Waals surface area contributed by atoms with Crippen molar-refractivity contribution in [1.29, 1.82) is 0 Å². The van der Waals surface area contributed by atoms with Crippen LogP contribution in [0.15, 0.2) is 34.5 Å². The van der Waals surface area contributed by atoms with Crippen LogP contribution in [0.5, 0.6) is 5.75 Å². The molecular weight excluding hydrogens is 308 g/mol. The number of benzene rings is 1. The van der Waals surface area contributed by atoms with Crippen LogP contribution in [0.3, 0.4) is 0 Å². The lowest BCUT2D eigenvalue weighted by molar-refractivity contribution is -0.118. The number of fused-ring (bicyclic) bond motifs is 1. The molecule has 3 aliphatic rings. The molecular formula is C17H18N4O3. The summed E-state index contributed by atoms with van der Waals surface area (Å²) >= 11 is 0. The molecule has 0 fully saturated rings. The molecule has 7 heteroatoms. The Morgan fingerprint density at radius 3 is 3.12 bits per heavy atom. The summed E-state index contributed by atoms with van der Waals surface area (Å²) in [4.78, 5) is 28.0. The molecule has 0 radical (unpaired) electrons. The van der Waals surface area contributed by atoms with Gasteiger partial charge in [-0.3, -0.25) is 14.6 Å². The highest BCUT2D eigenvalue weighted by molar-refractivity contribution is 6.38. The molecule has 0 bridgehead atoms. The zero-order valence-electron chi connectivity index (χ0n) is 13.1. The maximum absolute atomic E-state index is 12.3. The predicted molar refractivity (Wildman–Crippen MR) is 88.7 cm³/mol. The number of hydrogen-bond donors (Lipinski definition) is 3. The normalized spacial score (nSPS) is 18.7. The van der Waals surface area contributed by atoms with Crippen molar-refractivity contribution in [2.24, 2.45) is 4.99 Å². The van der Waals surface area contributed by atoms with E-state index in [1.54, 1.807) is 12.1 Å². The average Bonchev–Trinajstić information content (AvgIpc) is 3.06. The lowest BCUT2D eigenvalue weighted by Crippen LogP contribution is -2.41. The molecule has 1 aliphatic carbocycles. The van der Waals surface area contributed by atoms with E-state index < -0.39 is 0 Å². The van der Waals surface area contributed by atoms with Crippen molar-refractivity contribution in [2.75, 3.05) is 18.5 Å². The topological polar surface area (TPSA) is 91.8 Å². The van der Waals surface area contributed by atoms with Crippen LogP contribution in [-0.4, -0.2) is 30.8 Å². The van der Waals surface area contributed by atoms with Gasteiger partial charge in [0.15, 0.2) is 12.4 Å². The number of carbonyl (C=O) groups is 2. The fourth-order valence-corrected chi connectivity index (χ4v) is 3.12. The number of aliphatic imine (C=N–C) groups is 1. The molecule has 2 amide bonds. The number of allylic oxidation sites excluding steroid dienone is 1. The van der Waals surface area contributed by atoms with Crippen molar-refractivity contribution in [3.05, 3.63) is 35.0 Å². The van der Waals surface area contributed by atoms with Gasteiger partial charge in [0.1, 0.15) is 5.75 Å². The third-order valence-corrected chi connectivity index (χ3v) is 4.37. The average molecular weight is 326 g/mol. The zero-order valence-corrected chi connectivity index (χ0v) is 13.1. The van der Waals surface area contributed by atoms with E-state index in [2.05, 4.69) is 20.9 Å². The summed E-state index contributed by atoms with van der Waals surface area (Å²) in [6.07, 6.45) is 3.20. The summed E-state index contributed by atoms with van der Waals surface area (Å²) in [5.74, 6) is 0.630. The molecule has 0 aromatic heterocycles. The molecule has 0 atom stereocenters. The molecule has 1 aromatic rings. The van der Waals surface area contributed by atoms with Crippen LogP contribution >= 0.6 is 0 Å². The second-order valence-corrected chi connectivity index (χ2v) is 6.08. The quantitative estimate of drug-likeness (QED) is 0.775.